The zero-order valence-corrected chi connectivity index (χ0v) is 20.2. The number of hydrogen-bond acceptors (Lipinski definition) is 1. The van der Waals surface area contributed by atoms with Crippen molar-refractivity contribution in [2.24, 2.45) is 0 Å². The predicted octanol–water partition coefficient (Wildman–Crippen LogP) is 6.71. The molecule has 0 spiro atoms. The van der Waals surface area contributed by atoms with Crippen molar-refractivity contribution >= 4 is 21.7 Å². The van der Waals surface area contributed by atoms with Gasteiger partial charge in [0.25, 0.3) is 0 Å². The summed E-state index contributed by atoms with van der Waals surface area (Å²) >= 11 is -0.640. The molecule has 0 saturated carbocycles. The summed E-state index contributed by atoms with van der Waals surface area (Å²) in [4.78, 5) is 0. The van der Waals surface area contributed by atoms with Crippen molar-refractivity contribution in [3.05, 3.63) is 0 Å². The van der Waals surface area contributed by atoms with E-state index in [4.69, 9.17) is 8.25 Å². The van der Waals surface area contributed by atoms with Crippen molar-refractivity contribution in [1.29, 1.82) is 0 Å². The molecule has 0 aliphatic carbocycles. The minimum Gasteiger partial charge on any atom is -0.813 e. The molecule has 0 aliphatic rings. The van der Waals surface area contributed by atoms with Gasteiger partial charge >= 0.3 is 42.4 Å². The van der Waals surface area contributed by atoms with Crippen molar-refractivity contribution in [3.8, 4) is 0 Å². The van der Waals surface area contributed by atoms with Crippen LogP contribution in [-0.2, 0) is 36.8 Å². The molecule has 0 aromatic heterocycles. The van der Waals surface area contributed by atoms with Gasteiger partial charge in [-0.25, -0.2) is 0 Å². The summed E-state index contributed by atoms with van der Waals surface area (Å²) in [6.07, 6.45) is 15.9. The fraction of sp³-hybridized carbons (Fsp3) is 1.00. The van der Waals surface area contributed by atoms with Gasteiger partial charge in [0.1, 0.15) is 0 Å². The molecule has 0 N–H and O–H groups in total. The Bertz CT molecular complexity index is 101. The first kappa shape index (κ1) is 24.6. The number of hydrogen-bond donors (Lipinski definition) is 0. The first-order chi connectivity index (χ1) is 8.33. The fourth-order valence-corrected chi connectivity index (χ4v) is 1.74. The molecule has 0 radical (unpaired) electrons. The van der Waals surface area contributed by atoms with E-state index in [2.05, 4.69) is 20.8 Å². The van der Waals surface area contributed by atoms with Crippen LogP contribution in [0.4, 0.5) is 0 Å². The number of rotatable bonds is 11. The average molecular weight is 483 g/mol. The quantitative estimate of drug-likeness (QED) is 0.137. The van der Waals surface area contributed by atoms with Crippen LogP contribution in [0.15, 0.2) is 0 Å². The van der Waals surface area contributed by atoms with Crippen molar-refractivity contribution in [1.82, 2.24) is 0 Å². The Kier molecular flexibility index (Phi) is 36.9. The number of unbranched alkanes of at least 4 members (excludes halogenated alkanes) is 10. The molecule has 0 nitrogen and oxygen atoms in total. The third kappa shape index (κ3) is 30.5. The molecule has 0 atom stereocenters. The van der Waals surface area contributed by atoms with Crippen LogP contribution < -0.4 is 0 Å². The van der Waals surface area contributed by atoms with Crippen LogP contribution in [0.25, 0.3) is 0 Å². The van der Waals surface area contributed by atoms with Gasteiger partial charge < -0.3 is 13.5 Å². The van der Waals surface area contributed by atoms with Crippen LogP contribution in [0.1, 0.15) is 91.4 Å². The van der Waals surface area contributed by atoms with Crippen molar-refractivity contribution in [3.63, 3.8) is 0 Å². The Morgan fingerprint density at radius 2 is 0.833 bits per heavy atom. The van der Waals surface area contributed by atoms with E-state index in [1.165, 1.54) is 74.6 Å². The topological polar surface area (TPSA) is 0 Å². The van der Waals surface area contributed by atoms with E-state index >= 15 is 0 Å². The van der Waals surface area contributed by atoms with E-state index in [1.54, 1.807) is 0 Å². The maximum absolute atomic E-state index is 5.41. The van der Waals surface area contributed by atoms with E-state index in [1.807, 2.05) is 0 Å². The summed E-state index contributed by atoms with van der Waals surface area (Å²) in [5.41, 5.74) is 0. The number of thiol groups is 1. The summed E-state index contributed by atoms with van der Waals surface area (Å²) < 4.78 is 1.31. The largest absolute Gasteiger partial charge is 0.813 e. The zero-order chi connectivity index (χ0) is 13.2. The Morgan fingerprint density at radius 1 is 0.611 bits per heavy atom. The Balaban J connectivity index is -0.000000392. The zero-order valence-electron chi connectivity index (χ0n) is 13.0. The van der Waals surface area contributed by atoms with Crippen molar-refractivity contribution < 1.29 is 23.3 Å². The standard InChI is InChI=1S/C13H28.C2H5.ClH.Hg.H2S/c1-3-5-7-9-11-13-12-10-8-6-4-2;1-2;;;/h3-13H2,1-2H3;1H2,2H3;1H;;1H2/q;;;+1;/p-2. The Hall–Kier alpha value is 1.58. The first-order valence-corrected chi connectivity index (χ1v) is 18.5. The van der Waals surface area contributed by atoms with Crippen molar-refractivity contribution in [2.45, 2.75) is 95.3 Å². The molecule has 3 heteroatoms. The second kappa shape index (κ2) is 27.0. The summed E-state index contributed by atoms with van der Waals surface area (Å²) in [7, 11) is 5.41. The maximum atomic E-state index is 5.41. The van der Waals surface area contributed by atoms with Gasteiger partial charge in [-0.05, 0) is 0 Å². The molecular formula is C15H34ClHgS-. The minimum absolute atomic E-state index is 0. The van der Waals surface area contributed by atoms with Gasteiger partial charge in [-0.2, -0.15) is 0 Å². The maximum Gasteiger partial charge on any atom is -0.813 e. The predicted molar refractivity (Wildman–Crippen MR) is 87.2 cm³/mol. The molecule has 0 aromatic rings. The van der Waals surface area contributed by atoms with Gasteiger partial charge in [0, 0.05) is 0 Å². The number of halogens is 1. The van der Waals surface area contributed by atoms with Crippen molar-refractivity contribution in [2.75, 3.05) is 0 Å². The van der Waals surface area contributed by atoms with Crippen LogP contribution in [0.2, 0.25) is 3.93 Å². The van der Waals surface area contributed by atoms with E-state index in [0.717, 1.165) is 0 Å². The van der Waals surface area contributed by atoms with Gasteiger partial charge in [0.2, 0.25) is 0 Å². The second-order valence-electron chi connectivity index (χ2n) is 4.87. The normalized spacial score (nSPS) is 8.89. The first-order valence-electron chi connectivity index (χ1n) is 7.89. The van der Waals surface area contributed by atoms with Gasteiger partial charge in [-0.3, -0.25) is 0 Å². The fourth-order valence-electron chi connectivity index (χ4n) is 1.74. The molecule has 110 valence electrons. The third-order valence-electron chi connectivity index (χ3n) is 2.90. The van der Waals surface area contributed by atoms with Crippen LogP contribution >= 0.6 is 8.25 Å². The van der Waals surface area contributed by atoms with Gasteiger partial charge in [0.05, 0.1) is 0 Å². The molecule has 0 aromatic carbocycles. The second-order valence-corrected chi connectivity index (χ2v) is 13.5. The minimum atomic E-state index is -0.640. The molecule has 0 rings (SSSR count). The summed E-state index contributed by atoms with van der Waals surface area (Å²) in [5.74, 6) is 0. The molecule has 0 amide bonds. The molecule has 18 heavy (non-hydrogen) atoms. The molecule has 0 unspecified atom stereocenters. The van der Waals surface area contributed by atoms with E-state index in [9.17, 15) is 0 Å². The Morgan fingerprint density at radius 3 is 1.00 bits per heavy atom. The molecule has 0 fully saturated rings. The molecule has 0 saturated heterocycles. The third-order valence-corrected chi connectivity index (χ3v) is 7.68. The smallest absolute Gasteiger partial charge is 0.813 e. The monoisotopic (exact) mass is 483 g/mol. The van der Waals surface area contributed by atoms with Crippen LogP contribution in [0.3, 0.4) is 0 Å². The van der Waals surface area contributed by atoms with Gasteiger partial charge in [0.15, 0.2) is 0 Å². The van der Waals surface area contributed by atoms with Gasteiger partial charge in [-0.15, -0.1) is 0 Å². The van der Waals surface area contributed by atoms with Crippen LogP contribution in [0, 0.1) is 0 Å². The van der Waals surface area contributed by atoms with Crippen LogP contribution in [0.5, 0.6) is 0 Å². The summed E-state index contributed by atoms with van der Waals surface area (Å²) in [6.45, 7) is 6.71. The van der Waals surface area contributed by atoms with Crippen LogP contribution in [-0.4, -0.2) is 0 Å². The van der Waals surface area contributed by atoms with Gasteiger partial charge in [-0.1, -0.05) is 84.5 Å². The molecular weight excluding hydrogens is 448 g/mol. The Labute approximate surface area is 139 Å². The average Bonchev–Trinajstić information content (AvgIpc) is 2.37. The SMILES string of the molecule is CCCCCCCCCCCCC.C[CH2][Hg][Cl].[SH-]. The summed E-state index contributed by atoms with van der Waals surface area (Å²) in [5, 5.41) is 0. The van der Waals surface area contributed by atoms with E-state index in [-0.39, 0.29) is 13.5 Å². The molecule has 0 aliphatic heterocycles. The molecule has 0 heterocycles. The molecule has 0 bridgehead atoms. The van der Waals surface area contributed by atoms with E-state index in [0.29, 0.717) is 0 Å². The van der Waals surface area contributed by atoms with E-state index < -0.39 is 23.3 Å². The summed E-state index contributed by atoms with van der Waals surface area (Å²) in [6, 6.07) is 0.